The van der Waals surface area contributed by atoms with E-state index in [0.717, 1.165) is 0 Å². The topological polar surface area (TPSA) is 127 Å². The van der Waals surface area contributed by atoms with E-state index >= 15 is 0 Å². The predicted molar refractivity (Wildman–Crippen MR) is 102 cm³/mol. The van der Waals surface area contributed by atoms with Crippen molar-refractivity contribution >= 4 is 24.5 Å². The van der Waals surface area contributed by atoms with Gasteiger partial charge in [-0.25, -0.2) is 0 Å². The van der Waals surface area contributed by atoms with Crippen LogP contribution in [0.15, 0.2) is 11.1 Å². The summed E-state index contributed by atoms with van der Waals surface area (Å²) in [5.74, 6) is -1.71. The highest BCUT2D eigenvalue weighted by atomic mass is 16.5. The minimum Gasteiger partial charge on any atom is -0.467 e. The zero-order chi connectivity index (χ0) is 22.1. The Morgan fingerprint density at radius 2 is 1.80 bits per heavy atom. The van der Waals surface area contributed by atoms with E-state index in [9.17, 15) is 29.4 Å². The molecule has 0 radical (unpaired) electrons. The van der Waals surface area contributed by atoms with Crippen molar-refractivity contribution in [2.75, 3.05) is 6.61 Å². The number of ketones is 2. The molecule has 1 spiro atoms. The SMILES string of the molecule is C[C@H]1C[C@]12C(=O)C1=C(C(=O)[C@@H]2O)[C@@]2(C)CCC[C@](C)(COC=O)[C@@H]2[C@H](O)[C@H]1OC=O. The van der Waals surface area contributed by atoms with E-state index < -0.39 is 52.0 Å². The quantitative estimate of drug-likeness (QED) is 0.623. The lowest BCUT2D eigenvalue weighted by Gasteiger charge is -2.59. The highest BCUT2D eigenvalue weighted by molar-refractivity contribution is 6.19. The minimum absolute atomic E-state index is 0.0237. The van der Waals surface area contributed by atoms with E-state index in [4.69, 9.17) is 9.47 Å². The number of aliphatic hydroxyl groups excluding tert-OH is 2. The molecule has 4 aliphatic carbocycles. The van der Waals surface area contributed by atoms with Gasteiger partial charge in [0.2, 0.25) is 0 Å². The van der Waals surface area contributed by atoms with Crippen molar-refractivity contribution in [2.24, 2.45) is 28.1 Å². The lowest BCUT2D eigenvalue weighted by molar-refractivity contribution is -0.172. The second-order valence-corrected chi connectivity index (χ2v) is 9.98. The maximum Gasteiger partial charge on any atom is 0.293 e. The number of Topliss-reactive ketones (excluding diaryl/α,β-unsaturated/α-hetero) is 2. The molecule has 8 heteroatoms. The van der Waals surface area contributed by atoms with Gasteiger partial charge in [-0.2, -0.15) is 0 Å². The van der Waals surface area contributed by atoms with Gasteiger partial charge >= 0.3 is 0 Å². The average molecular weight is 420 g/mol. The molecule has 0 aromatic rings. The maximum absolute atomic E-state index is 13.5. The van der Waals surface area contributed by atoms with Crippen LogP contribution in [-0.4, -0.2) is 59.6 Å². The molecule has 164 valence electrons. The van der Waals surface area contributed by atoms with Crippen molar-refractivity contribution in [3.63, 3.8) is 0 Å². The van der Waals surface area contributed by atoms with Crippen molar-refractivity contribution in [3.8, 4) is 0 Å². The van der Waals surface area contributed by atoms with Crippen LogP contribution in [0.3, 0.4) is 0 Å². The summed E-state index contributed by atoms with van der Waals surface area (Å²) in [6.07, 6.45) is -1.77. The molecule has 2 saturated carbocycles. The fourth-order valence-electron chi connectivity index (χ4n) is 6.95. The predicted octanol–water partition coefficient (Wildman–Crippen LogP) is 0.724. The summed E-state index contributed by atoms with van der Waals surface area (Å²) in [5, 5.41) is 22.2. The van der Waals surface area contributed by atoms with Crippen molar-refractivity contribution in [3.05, 3.63) is 11.1 Å². The average Bonchev–Trinajstić information content (AvgIpc) is 3.37. The Kier molecular flexibility index (Phi) is 4.74. The van der Waals surface area contributed by atoms with Gasteiger partial charge in [-0.1, -0.05) is 27.2 Å². The normalized spacial score (nSPS) is 47.4. The molecule has 30 heavy (non-hydrogen) atoms. The zero-order valence-corrected chi connectivity index (χ0v) is 17.4. The molecule has 2 N–H and O–H groups in total. The largest absolute Gasteiger partial charge is 0.467 e. The molecular weight excluding hydrogens is 392 g/mol. The van der Waals surface area contributed by atoms with Crippen LogP contribution in [0.5, 0.6) is 0 Å². The summed E-state index contributed by atoms with van der Waals surface area (Å²) in [4.78, 5) is 49.2. The van der Waals surface area contributed by atoms with Gasteiger partial charge in [0, 0.05) is 27.9 Å². The molecule has 0 saturated heterocycles. The van der Waals surface area contributed by atoms with Crippen molar-refractivity contribution in [1.82, 2.24) is 0 Å². The molecule has 4 rings (SSSR count). The minimum atomic E-state index is -1.44. The highest BCUT2D eigenvalue weighted by Crippen LogP contribution is 2.66. The molecule has 4 aliphatic rings. The van der Waals surface area contributed by atoms with Gasteiger partial charge in [-0.3, -0.25) is 19.2 Å². The summed E-state index contributed by atoms with van der Waals surface area (Å²) >= 11 is 0. The van der Waals surface area contributed by atoms with Crippen LogP contribution >= 0.6 is 0 Å². The number of fused-ring (bicyclic) bond motifs is 2. The van der Waals surface area contributed by atoms with Gasteiger partial charge < -0.3 is 19.7 Å². The molecule has 2 fully saturated rings. The highest BCUT2D eigenvalue weighted by Gasteiger charge is 2.72. The van der Waals surface area contributed by atoms with E-state index in [2.05, 4.69) is 0 Å². The molecule has 0 bridgehead atoms. The molecule has 0 amide bonds. The van der Waals surface area contributed by atoms with Gasteiger partial charge in [0.25, 0.3) is 12.9 Å². The second-order valence-electron chi connectivity index (χ2n) is 9.98. The Hall–Kier alpha value is -2.06. The van der Waals surface area contributed by atoms with E-state index in [1.165, 1.54) is 0 Å². The number of carbonyl (C=O) groups is 4. The number of hydrogen-bond donors (Lipinski definition) is 2. The molecule has 0 heterocycles. The summed E-state index contributed by atoms with van der Waals surface area (Å²) < 4.78 is 10.3. The van der Waals surface area contributed by atoms with Crippen molar-refractivity contribution < 1.29 is 38.9 Å². The van der Waals surface area contributed by atoms with Crippen LogP contribution in [0.25, 0.3) is 0 Å². The van der Waals surface area contributed by atoms with Gasteiger partial charge in [-0.05, 0) is 25.2 Å². The van der Waals surface area contributed by atoms with Crippen LogP contribution < -0.4 is 0 Å². The smallest absolute Gasteiger partial charge is 0.293 e. The molecule has 0 aliphatic heterocycles. The second kappa shape index (κ2) is 6.72. The van der Waals surface area contributed by atoms with E-state index in [-0.39, 0.29) is 30.1 Å². The Morgan fingerprint density at radius 3 is 2.37 bits per heavy atom. The first-order valence-electron chi connectivity index (χ1n) is 10.4. The van der Waals surface area contributed by atoms with Crippen molar-refractivity contribution in [1.29, 1.82) is 0 Å². The molecule has 0 unspecified atom stereocenters. The van der Waals surface area contributed by atoms with E-state index in [0.29, 0.717) is 32.2 Å². The van der Waals surface area contributed by atoms with E-state index in [1.54, 1.807) is 6.92 Å². The number of hydrogen-bond acceptors (Lipinski definition) is 8. The number of ether oxygens (including phenoxy) is 2. The Bertz CT molecular complexity index is 848. The van der Waals surface area contributed by atoms with Gasteiger partial charge in [0.05, 0.1) is 18.1 Å². The Morgan fingerprint density at radius 1 is 1.13 bits per heavy atom. The molecule has 0 aromatic carbocycles. The number of rotatable bonds is 5. The summed E-state index contributed by atoms with van der Waals surface area (Å²) in [7, 11) is 0. The van der Waals surface area contributed by atoms with Crippen LogP contribution in [0.4, 0.5) is 0 Å². The summed E-state index contributed by atoms with van der Waals surface area (Å²) in [6.45, 7) is 6.02. The Labute approximate surface area is 174 Å². The zero-order valence-electron chi connectivity index (χ0n) is 17.4. The van der Waals surface area contributed by atoms with E-state index in [1.807, 2.05) is 13.8 Å². The third-order valence-electron chi connectivity index (χ3n) is 8.35. The molecule has 8 nitrogen and oxygen atoms in total. The van der Waals surface area contributed by atoms with Gasteiger partial charge in [0.15, 0.2) is 17.7 Å². The third kappa shape index (κ3) is 2.46. The lowest BCUT2D eigenvalue weighted by Crippen LogP contribution is -2.64. The van der Waals surface area contributed by atoms with Crippen LogP contribution in [0.1, 0.15) is 46.5 Å². The number of aliphatic hydroxyl groups is 2. The lowest BCUT2D eigenvalue weighted by atomic mass is 9.46. The molecule has 0 aromatic heterocycles. The maximum atomic E-state index is 13.5. The molecular formula is C22H28O8. The van der Waals surface area contributed by atoms with Gasteiger partial charge in [0.1, 0.15) is 6.10 Å². The third-order valence-corrected chi connectivity index (χ3v) is 8.35. The standard InChI is InChI=1S/C22H28O8/c1-11-7-22(11)18(27)12-13(14(25)19(22)28)21(3)6-4-5-20(2,8-29-9-23)17(21)15(26)16(12)30-10-24/h9-11,15-17,19,26,28H,4-8H2,1-3H3/t11-,15+,16-,17-,19-,20+,21+,22+/m0/s1. The first-order valence-corrected chi connectivity index (χ1v) is 10.4. The molecule has 8 atom stereocenters. The van der Waals surface area contributed by atoms with Crippen LogP contribution in [0.2, 0.25) is 0 Å². The summed E-state index contributed by atoms with van der Waals surface area (Å²) in [6, 6.07) is 0. The monoisotopic (exact) mass is 420 g/mol. The fraction of sp³-hybridized carbons (Fsp3) is 0.727. The first-order chi connectivity index (χ1) is 14.1. The first kappa shape index (κ1) is 21.2. The fourth-order valence-corrected chi connectivity index (χ4v) is 6.95. The van der Waals surface area contributed by atoms with Crippen molar-refractivity contribution in [2.45, 2.75) is 64.8 Å². The van der Waals surface area contributed by atoms with Gasteiger partial charge in [-0.15, -0.1) is 0 Å². The van der Waals surface area contributed by atoms with Crippen LogP contribution in [0, 0.1) is 28.1 Å². The number of carbonyl (C=O) groups excluding carboxylic acids is 4. The van der Waals surface area contributed by atoms with Crippen LogP contribution in [-0.2, 0) is 28.7 Å². The summed E-state index contributed by atoms with van der Waals surface area (Å²) in [5.41, 5.74) is -2.61. The Balaban J connectivity index is 1.93.